The van der Waals surface area contributed by atoms with Crippen LogP contribution < -0.4 is 20.4 Å². The van der Waals surface area contributed by atoms with E-state index in [1.165, 1.54) is 21.9 Å². The predicted octanol–water partition coefficient (Wildman–Crippen LogP) is 4.07. The maximum atomic E-state index is 15.0. The summed E-state index contributed by atoms with van der Waals surface area (Å²) in [6.45, 7) is 0.760. The molecule has 0 bridgehead atoms. The number of anilines is 3. The fourth-order valence-corrected chi connectivity index (χ4v) is 4.17. The molecule has 2 aromatic rings. The zero-order chi connectivity index (χ0) is 25.2. The fraction of sp³-hybridized carbons (Fsp3) is 0.391. The fourth-order valence-electron chi connectivity index (χ4n) is 4.17. The van der Waals surface area contributed by atoms with E-state index in [2.05, 4.69) is 15.6 Å². The maximum absolute atomic E-state index is 15.0. The Morgan fingerprint density at radius 1 is 1.03 bits per heavy atom. The van der Waals surface area contributed by atoms with Crippen LogP contribution >= 0.6 is 0 Å². The van der Waals surface area contributed by atoms with Gasteiger partial charge in [0.1, 0.15) is 17.6 Å². The zero-order valence-electron chi connectivity index (χ0n) is 18.6. The Hall–Kier alpha value is -3.70. The molecule has 2 fully saturated rings. The van der Waals surface area contributed by atoms with Crippen LogP contribution in [0.3, 0.4) is 0 Å². The number of carbonyl (C=O) groups excluding carboxylic acids is 3. The summed E-state index contributed by atoms with van der Waals surface area (Å²) in [6.07, 6.45) is -0.892. The number of piperidine rings is 2. The minimum absolute atomic E-state index is 0.0181. The molecule has 3 heterocycles. The highest BCUT2D eigenvalue weighted by molar-refractivity contribution is 6.02. The molecule has 0 spiro atoms. The van der Waals surface area contributed by atoms with Gasteiger partial charge in [-0.2, -0.15) is 13.2 Å². The lowest BCUT2D eigenvalue weighted by atomic mass is 10.0. The summed E-state index contributed by atoms with van der Waals surface area (Å²) in [7, 11) is 0. The molecule has 0 saturated carbocycles. The van der Waals surface area contributed by atoms with Crippen molar-refractivity contribution in [2.24, 2.45) is 0 Å². The van der Waals surface area contributed by atoms with Gasteiger partial charge in [0.2, 0.25) is 11.8 Å². The third-order valence-corrected chi connectivity index (χ3v) is 5.91. The minimum atomic E-state index is -4.60. The quantitative estimate of drug-likeness (QED) is 0.628. The average molecular weight is 493 g/mol. The number of hydrogen-bond acceptors (Lipinski definition) is 4. The van der Waals surface area contributed by atoms with E-state index in [9.17, 15) is 31.9 Å². The largest absolute Gasteiger partial charge is 0.433 e. The number of halogens is 4. The third-order valence-electron chi connectivity index (χ3n) is 5.91. The molecular weight excluding hydrogens is 470 g/mol. The van der Waals surface area contributed by atoms with Crippen molar-refractivity contribution in [2.75, 3.05) is 28.2 Å². The molecule has 1 aromatic carbocycles. The molecule has 2 N–H and O–H groups in total. The van der Waals surface area contributed by atoms with E-state index in [1.54, 1.807) is 6.07 Å². The summed E-state index contributed by atoms with van der Waals surface area (Å²) in [4.78, 5) is 43.4. The molecule has 4 rings (SSSR count). The van der Waals surface area contributed by atoms with Gasteiger partial charge < -0.3 is 20.4 Å². The van der Waals surface area contributed by atoms with E-state index < -0.39 is 35.7 Å². The van der Waals surface area contributed by atoms with Crippen molar-refractivity contribution < 1.29 is 31.9 Å². The minimum Gasteiger partial charge on any atom is -0.326 e. The van der Waals surface area contributed by atoms with Gasteiger partial charge in [0.05, 0.1) is 17.6 Å². The molecule has 2 aliphatic rings. The van der Waals surface area contributed by atoms with Crippen LogP contribution in [0.15, 0.2) is 36.5 Å². The van der Waals surface area contributed by atoms with Gasteiger partial charge in [0.15, 0.2) is 0 Å². The number of alkyl halides is 3. The molecule has 0 aliphatic carbocycles. The highest BCUT2D eigenvalue weighted by Crippen LogP contribution is 2.30. The second-order valence-electron chi connectivity index (χ2n) is 8.35. The van der Waals surface area contributed by atoms with E-state index in [4.69, 9.17) is 0 Å². The van der Waals surface area contributed by atoms with Crippen molar-refractivity contribution in [3.63, 3.8) is 0 Å². The first kappa shape index (κ1) is 24.4. The van der Waals surface area contributed by atoms with E-state index in [1.807, 2.05) is 0 Å². The van der Waals surface area contributed by atoms with Gasteiger partial charge in [-0.25, -0.2) is 14.2 Å². The van der Waals surface area contributed by atoms with Crippen LogP contribution in [-0.4, -0.2) is 42.0 Å². The third kappa shape index (κ3) is 5.52. The Balaban J connectivity index is 1.41. The Labute approximate surface area is 198 Å². The number of hydrogen-bond donors (Lipinski definition) is 2. The van der Waals surface area contributed by atoms with Gasteiger partial charge in [0, 0.05) is 25.2 Å². The lowest BCUT2D eigenvalue weighted by molar-refractivity contribution is -0.141. The van der Waals surface area contributed by atoms with Gasteiger partial charge >= 0.3 is 12.2 Å². The van der Waals surface area contributed by atoms with Gasteiger partial charge in [-0.05, 0) is 56.0 Å². The summed E-state index contributed by atoms with van der Waals surface area (Å²) in [6, 6.07) is 4.30. The maximum Gasteiger partial charge on any atom is 0.433 e. The van der Waals surface area contributed by atoms with E-state index in [-0.39, 0.29) is 23.8 Å². The summed E-state index contributed by atoms with van der Waals surface area (Å²) < 4.78 is 52.8. The summed E-state index contributed by atoms with van der Waals surface area (Å²) in [5.41, 5.74) is -0.606. The molecule has 35 heavy (non-hydrogen) atoms. The van der Waals surface area contributed by atoms with Gasteiger partial charge in [-0.3, -0.25) is 9.59 Å². The van der Waals surface area contributed by atoms with Crippen molar-refractivity contribution in [3.8, 4) is 0 Å². The molecule has 186 valence electrons. The predicted molar refractivity (Wildman–Crippen MR) is 119 cm³/mol. The van der Waals surface area contributed by atoms with Crippen LogP contribution in [0.25, 0.3) is 0 Å². The van der Waals surface area contributed by atoms with E-state index in [0.717, 1.165) is 31.2 Å². The number of benzene rings is 1. The molecule has 0 unspecified atom stereocenters. The first-order valence-corrected chi connectivity index (χ1v) is 11.2. The number of amides is 4. The van der Waals surface area contributed by atoms with Gasteiger partial charge in [0.25, 0.3) is 0 Å². The molecule has 1 aromatic heterocycles. The SMILES string of the molecule is O=C(Nc1ccc(C(F)(F)F)nc1)N[C@@H]1CCCN(c2ccc(N3CCCCC3=O)cc2F)C1=O. The van der Waals surface area contributed by atoms with Crippen molar-refractivity contribution >= 4 is 34.9 Å². The first-order chi connectivity index (χ1) is 16.6. The van der Waals surface area contributed by atoms with Crippen molar-refractivity contribution in [1.82, 2.24) is 10.3 Å². The zero-order valence-corrected chi connectivity index (χ0v) is 18.6. The normalized spacial score (nSPS) is 19.0. The van der Waals surface area contributed by atoms with E-state index in [0.29, 0.717) is 31.5 Å². The smallest absolute Gasteiger partial charge is 0.326 e. The second-order valence-corrected chi connectivity index (χ2v) is 8.35. The average Bonchev–Trinajstić information content (AvgIpc) is 2.81. The number of pyridine rings is 1. The number of urea groups is 1. The number of nitrogens with zero attached hydrogens (tertiary/aromatic N) is 3. The molecule has 1 atom stereocenters. The topological polar surface area (TPSA) is 94.6 Å². The van der Waals surface area contributed by atoms with Gasteiger partial charge in [-0.1, -0.05) is 0 Å². The summed E-state index contributed by atoms with van der Waals surface area (Å²) in [5.74, 6) is -1.25. The highest BCUT2D eigenvalue weighted by Gasteiger charge is 2.34. The molecule has 4 amide bonds. The summed E-state index contributed by atoms with van der Waals surface area (Å²) >= 11 is 0. The standard InChI is InChI=1S/C23H23F4N5O3/c24-16-12-15(31-10-2-1-5-20(31)33)7-8-18(16)32-11-3-4-17(21(32)34)30-22(35)29-14-6-9-19(28-13-14)23(25,26)27/h6-9,12-13,17H,1-5,10-11H2,(H2,29,30,35)/t17-/m1/s1. The van der Waals surface area contributed by atoms with Crippen molar-refractivity contribution in [3.05, 3.63) is 48.0 Å². The molecule has 12 heteroatoms. The molecule has 2 saturated heterocycles. The molecule has 8 nitrogen and oxygen atoms in total. The Morgan fingerprint density at radius 2 is 1.80 bits per heavy atom. The molecule has 0 radical (unpaired) electrons. The van der Waals surface area contributed by atoms with E-state index >= 15 is 0 Å². The van der Waals surface area contributed by atoms with Crippen molar-refractivity contribution in [1.29, 1.82) is 0 Å². The lowest BCUT2D eigenvalue weighted by Gasteiger charge is -2.33. The number of rotatable bonds is 4. The highest BCUT2D eigenvalue weighted by atomic mass is 19.4. The molecular formula is C23H23F4N5O3. The van der Waals surface area contributed by atoms with Gasteiger partial charge in [-0.15, -0.1) is 0 Å². The van der Waals surface area contributed by atoms with Crippen LogP contribution in [-0.2, 0) is 15.8 Å². The monoisotopic (exact) mass is 493 g/mol. The van der Waals surface area contributed by atoms with Crippen LogP contribution in [0.1, 0.15) is 37.8 Å². The molecule has 2 aliphatic heterocycles. The van der Waals surface area contributed by atoms with Crippen LogP contribution in [0.4, 0.5) is 39.4 Å². The lowest BCUT2D eigenvalue weighted by Crippen LogP contribution is -2.53. The number of aromatic nitrogens is 1. The first-order valence-electron chi connectivity index (χ1n) is 11.2. The van der Waals surface area contributed by atoms with Crippen LogP contribution in [0, 0.1) is 5.82 Å². The Bertz CT molecular complexity index is 1120. The van der Waals surface area contributed by atoms with Crippen LogP contribution in [0.2, 0.25) is 0 Å². The number of carbonyl (C=O) groups is 3. The van der Waals surface area contributed by atoms with Crippen molar-refractivity contribution in [2.45, 2.75) is 44.3 Å². The Morgan fingerprint density at radius 3 is 2.46 bits per heavy atom. The number of nitrogens with one attached hydrogen (secondary N) is 2. The second kappa shape index (κ2) is 9.88. The summed E-state index contributed by atoms with van der Waals surface area (Å²) in [5, 5.41) is 4.82. The van der Waals surface area contributed by atoms with Crippen LogP contribution in [0.5, 0.6) is 0 Å². The Kier molecular flexibility index (Phi) is 6.90.